The average Bonchev–Trinajstić information content (AvgIpc) is 2.57. The lowest BCUT2D eigenvalue weighted by molar-refractivity contribution is -0.145. The molecule has 0 saturated carbocycles. The lowest BCUT2D eigenvalue weighted by Crippen LogP contribution is -2.12. The molecule has 0 unspecified atom stereocenters. The van der Waals surface area contributed by atoms with Gasteiger partial charge in [-0.25, -0.2) is 0 Å². The molecule has 2 rings (SSSR count). The topological polar surface area (TPSA) is 81.4 Å². The minimum Gasteiger partial charge on any atom is -0.461 e. The highest BCUT2D eigenvalue weighted by atomic mass is 19.4. The van der Waals surface area contributed by atoms with Crippen molar-refractivity contribution in [2.24, 2.45) is 0 Å². The van der Waals surface area contributed by atoms with Crippen LogP contribution in [0.3, 0.4) is 0 Å². The molecule has 8 heteroatoms. The zero-order valence-electron chi connectivity index (χ0n) is 15.2. The first kappa shape index (κ1) is 22.0. The van der Waals surface area contributed by atoms with Crippen LogP contribution in [0.4, 0.5) is 24.5 Å². The minimum atomic E-state index is -4.59. The van der Waals surface area contributed by atoms with Crippen LogP contribution in [0.25, 0.3) is 0 Å². The number of nitrogens with one attached hydrogen (secondary N) is 1. The van der Waals surface area contributed by atoms with Crippen molar-refractivity contribution in [1.82, 2.24) is 0 Å². The first-order valence-electron chi connectivity index (χ1n) is 7.91. The Morgan fingerprint density at radius 2 is 1.85 bits per heavy atom. The number of hydrogen-bond donors (Lipinski definition) is 2. The van der Waals surface area contributed by atoms with Gasteiger partial charge < -0.3 is 15.8 Å². The summed E-state index contributed by atoms with van der Waals surface area (Å²) in [4.78, 5) is 20.8. The predicted octanol–water partition coefficient (Wildman–Crippen LogP) is 4.22. The van der Waals surface area contributed by atoms with Crippen LogP contribution in [0.1, 0.15) is 29.2 Å². The summed E-state index contributed by atoms with van der Waals surface area (Å²) in [6, 6.07) is 9.30. The van der Waals surface area contributed by atoms with Crippen molar-refractivity contribution in [3.8, 4) is 0 Å². The SMILES string of the molecule is CC(=O)OCc1ccc(NC=O)cc1C(F)(F)F.Cc1ccc(C)c(N)c1. The Morgan fingerprint density at radius 3 is 2.33 bits per heavy atom. The molecule has 0 aliphatic heterocycles. The summed E-state index contributed by atoms with van der Waals surface area (Å²) in [5.41, 5.74) is 7.78. The van der Waals surface area contributed by atoms with Crippen molar-refractivity contribution in [2.45, 2.75) is 33.6 Å². The van der Waals surface area contributed by atoms with E-state index in [2.05, 4.69) is 16.1 Å². The Kier molecular flexibility index (Phi) is 7.83. The molecule has 2 aromatic rings. The van der Waals surface area contributed by atoms with E-state index < -0.39 is 24.3 Å². The highest BCUT2D eigenvalue weighted by molar-refractivity contribution is 5.72. The molecule has 5 nitrogen and oxygen atoms in total. The number of esters is 1. The van der Waals surface area contributed by atoms with Gasteiger partial charge >= 0.3 is 12.1 Å². The number of alkyl halides is 3. The van der Waals surface area contributed by atoms with Crippen LogP contribution in [-0.2, 0) is 27.1 Å². The van der Waals surface area contributed by atoms with E-state index in [9.17, 15) is 22.8 Å². The molecule has 146 valence electrons. The van der Waals surface area contributed by atoms with Crippen LogP contribution < -0.4 is 11.1 Å². The zero-order valence-corrected chi connectivity index (χ0v) is 15.2. The second-order valence-corrected chi connectivity index (χ2v) is 5.77. The molecular weight excluding hydrogens is 361 g/mol. The summed E-state index contributed by atoms with van der Waals surface area (Å²) in [6.45, 7) is 4.69. The molecule has 0 radical (unpaired) electrons. The fourth-order valence-electron chi connectivity index (χ4n) is 2.06. The molecule has 3 N–H and O–H groups in total. The number of ether oxygens (including phenoxy) is 1. The van der Waals surface area contributed by atoms with E-state index in [0.717, 1.165) is 30.3 Å². The normalized spacial score (nSPS) is 10.4. The van der Waals surface area contributed by atoms with Gasteiger partial charge in [0.1, 0.15) is 6.61 Å². The number of nitrogens with two attached hydrogens (primary N) is 1. The molecule has 0 aliphatic carbocycles. The first-order chi connectivity index (χ1) is 12.5. The molecule has 27 heavy (non-hydrogen) atoms. The van der Waals surface area contributed by atoms with Crippen molar-refractivity contribution in [1.29, 1.82) is 0 Å². The predicted molar refractivity (Wildman–Crippen MR) is 96.9 cm³/mol. The summed E-state index contributed by atoms with van der Waals surface area (Å²) in [6.07, 6.45) is -4.31. The summed E-state index contributed by atoms with van der Waals surface area (Å²) in [5, 5.41) is 2.12. The van der Waals surface area contributed by atoms with E-state index >= 15 is 0 Å². The van der Waals surface area contributed by atoms with Crippen molar-refractivity contribution in [3.63, 3.8) is 0 Å². The number of anilines is 2. The van der Waals surface area contributed by atoms with Crippen LogP contribution >= 0.6 is 0 Å². The van der Waals surface area contributed by atoms with Gasteiger partial charge in [0.15, 0.2) is 0 Å². The van der Waals surface area contributed by atoms with Crippen molar-refractivity contribution < 1.29 is 27.5 Å². The van der Waals surface area contributed by atoms with Gasteiger partial charge in [-0.1, -0.05) is 18.2 Å². The Balaban J connectivity index is 0.000000337. The Bertz CT molecular complexity index is 805. The van der Waals surface area contributed by atoms with Crippen LogP contribution in [0.5, 0.6) is 0 Å². The number of aryl methyl sites for hydroxylation is 2. The average molecular weight is 382 g/mol. The summed E-state index contributed by atoms with van der Waals surface area (Å²) >= 11 is 0. The molecule has 0 aliphatic rings. The number of nitrogen functional groups attached to an aromatic ring is 1. The largest absolute Gasteiger partial charge is 0.461 e. The van der Waals surface area contributed by atoms with E-state index in [1.807, 2.05) is 26.0 Å². The molecular formula is C19H21F3N2O3. The maximum atomic E-state index is 12.7. The fourth-order valence-corrected chi connectivity index (χ4v) is 2.06. The number of rotatable bonds is 4. The van der Waals surface area contributed by atoms with Gasteiger partial charge in [0, 0.05) is 23.9 Å². The van der Waals surface area contributed by atoms with E-state index in [-0.39, 0.29) is 17.7 Å². The fraction of sp³-hybridized carbons (Fsp3) is 0.263. The molecule has 0 heterocycles. The molecule has 0 bridgehead atoms. The van der Waals surface area contributed by atoms with Gasteiger partial charge in [0.05, 0.1) is 5.56 Å². The molecule has 0 aromatic heterocycles. The van der Waals surface area contributed by atoms with E-state index in [4.69, 9.17) is 5.73 Å². The third-order valence-electron chi connectivity index (χ3n) is 3.51. The van der Waals surface area contributed by atoms with Crippen LogP contribution in [0.15, 0.2) is 36.4 Å². The van der Waals surface area contributed by atoms with E-state index in [0.29, 0.717) is 0 Å². The zero-order chi connectivity index (χ0) is 20.6. The number of carbonyl (C=O) groups is 2. The van der Waals surface area contributed by atoms with Crippen molar-refractivity contribution in [2.75, 3.05) is 11.1 Å². The van der Waals surface area contributed by atoms with Gasteiger partial charge in [0.2, 0.25) is 6.41 Å². The van der Waals surface area contributed by atoms with Crippen molar-refractivity contribution >= 4 is 23.8 Å². The molecule has 0 spiro atoms. The molecule has 0 saturated heterocycles. The maximum absolute atomic E-state index is 12.7. The summed E-state index contributed by atoms with van der Waals surface area (Å²) < 4.78 is 42.7. The Morgan fingerprint density at radius 1 is 1.19 bits per heavy atom. The smallest absolute Gasteiger partial charge is 0.416 e. The van der Waals surface area contributed by atoms with Gasteiger partial charge in [-0.15, -0.1) is 0 Å². The Hall–Kier alpha value is -3.03. The van der Waals surface area contributed by atoms with Crippen LogP contribution in [-0.4, -0.2) is 12.4 Å². The lowest BCUT2D eigenvalue weighted by Gasteiger charge is -2.14. The van der Waals surface area contributed by atoms with Gasteiger partial charge in [-0.05, 0) is 43.2 Å². The monoisotopic (exact) mass is 382 g/mol. The van der Waals surface area contributed by atoms with E-state index in [1.54, 1.807) is 0 Å². The lowest BCUT2D eigenvalue weighted by atomic mass is 10.1. The maximum Gasteiger partial charge on any atom is 0.416 e. The quantitative estimate of drug-likeness (QED) is 0.471. The highest BCUT2D eigenvalue weighted by Crippen LogP contribution is 2.34. The minimum absolute atomic E-state index is 0.0175. The molecule has 0 fully saturated rings. The number of amides is 1. The Labute approximate surface area is 155 Å². The van der Waals surface area contributed by atoms with Gasteiger partial charge in [-0.3, -0.25) is 9.59 Å². The number of halogens is 3. The van der Waals surface area contributed by atoms with Crippen LogP contribution in [0.2, 0.25) is 0 Å². The molecule has 2 aromatic carbocycles. The highest BCUT2D eigenvalue weighted by Gasteiger charge is 2.33. The van der Waals surface area contributed by atoms with Crippen molar-refractivity contribution in [3.05, 3.63) is 58.7 Å². The van der Waals surface area contributed by atoms with Crippen LogP contribution in [0, 0.1) is 13.8 Å². The third-order valence-corrected chi connectivity index (χ3v) is 3.51. The summed E-state index contributed by atoms with van der Waals surface area (Å²) in [7, 11) is 0. The second-order valence-electron chi connectivity index (χ2n) is 5.77. The molecule has 0 atom stereocenters. The molecule has 1 amide bonds. The number of carbonyl (C=O) groups excluding carboxylic acids is 2. The summed E-state index contributed by atoms with van der Waals surface area (Å²) in [5.74, 6) is -0.668. The van der Waals surface area contributed by atoms with Gasteiger partial charge in [-0.2, -0.15) is 13.2 Å². The van der Waals surface area contributed by atoms with E-state index in [1.165, 1.54) is 11.6 Å². The second kappa shape index (κ2) is 9.61. The number of benzene rings is 2. The standard InChI is InChI=1S/C11H10F3NO3.C8H11N/c1-7(17)18-5-8-2-3-9(15-6-16)4-10(8)11(12,13)14;1-6-3-4-7(2)8(9)5-6/h2-4,6H,5H2,1H3,(H,15,16);3-5H,9H2,1-2H3. The first-order valence-corrected chi connectivity index (χ1v) is 7.91. The van der Waals surface area contributed by atoms with Gasteiger partial charge in [0.25, 0.3) is 0 Å². The number of hydrogen-bond acceptors (Lipinski definition) is 4. The third kappa shape index (κ3) is 7.39.